The number of hydrogen-bond acceptors (Lipinski definition) is 4. The van der Waals surface area contributed by atoms with E-state index in [9.17, 15) is 14.4 Å². The summed E-state index contributed by atoms with van der Waals surface area (Å²) in [5, 5.41) is 2.82. The fourth-order valence-corrected chi connectivity index (χ4v) is 3.18. The molecular formula is C22H22N2O4. The van der Waals surface area contributed by atoms with Gasteiger partial charge in [0.15, 0.2) is 0 Å². The third-order valence-corrected chi connectivity index (χ3v) is 4.65. The average molecular weight is 378 g/mol. The summed E-state index contributed by atoms with van der Waals surface area (Å²) in [4.78, 5) is 38.1. The molecule has 1 N–H and O–H groups in total. The molecule has 1 unspecified atom stereocenters. The lowest BCUT2D eigenvalue weighted by Crippen LogP contribution is -2.35. The van der Waals surface area contributed by atoms with Crippen LogP contribution in [-0.4, -0.2) is 42.9 Å². The average Bonchev–Trinajstić information content (AvgIpc) is 2.94. The van der Waals surface area contributed by atoms with Crippen molar-refractivity contribution < 1.29 is 19.1 Å². The third kappa shape index (κ3) is 4.65. The van der Waals surface area contributed by atoms with Crippen LogP contribution in [-0.2, 0) is 14.3 Å². The lowest BCUT2D eigenvalue weighted by molar-refractivity contribution is -0.128. The van der Waals surface area contributed by atoms with Crippen molar-refractivity contribution in [2.75, 3.05) is 20.2 Å². The first-order valence-corrected chi connectivity index (χ1v) is 9.07. The molecule has 6 nitrogen and oxygen atoms in total. The highest BCUT2D eigenvalue weighted by molar-refractivity contribution is 5.93. The van der Waals surface area contributed by atoms with Gasteiger partial charge in [-0.2, -0.15) is 0 Å². The Kier molecular flexibility index (Phi) is 6.22. The van der Waals surface area contributed by atoms with Crippen LogP contribution in [0.1, 0.15) is 33.9 Å². The van der Waals surface area contributed by atoms with Crippen molar-refractivity contribution in [3.05, 3.63) is 77.4 Å². The van der Waals surface area contributed by atoms with Gasteiger partial charge in [0.1, 0.15) is 0 Å². The molecule has 2 aromatic rings. The van der Waals surface area contributed by atoms with E-state index >= 15 is 0 Å². The van der Waals surface area contributed by atoms with Gasteiger partial charge in [-0.1, -0.05) is 42.5 Å². The fraction of sp³-hybridized carbons (Fsp3) is 0.227. The predicted molar refractivity (Wildman–Crippen MR) is 105 cm³/mol. The number of nitrogens with one attached hydrogen (secondary N) is 1. The lowest BCUT2D eigenvalue weighted by atomic mass is 10.0. The molecule has 2 aromatic carbocycles. The highest BCUT2D eigenvalue weighted by atomic mass is 16.5. The fourth-order valence-electron chi connectivity index (χ4n) is 3.18. The van der Waals surface area contributed by atoms with E-state index in [4.69, 9.17) is 0 Å². The topological polar surface area (TPSA) is 75.7 Å². The van der Waals surface area contributed by atoms with E-state index in [1.807, 2.05) is 30.3 Å². The van der Waals surface area contributed by atoms with Crippen molar-refractivity contribution in [3.63, 3.8) is 0 Å². The van der Waals surface area contributed by atoms with Crippen LogP contribution in [0.25, 0.3) is 6.08 Å². The van der Waals surface area contributed by atoms with Gasteiger partial charge in [-0.15, -0.1) is 0 Å². The summed E-state index contributed by atoms with van der Waals surface area (Å²) in [5.41, 5.74) is 2.18. The summed E-state index contributed by atoms with van der Waals surface area (Å²) in [5.74, 6) is -0.632. The Balaban J connectivity index is 1.77. The van der Waals surface area contributed by atoms with Crippen molar-refractivity contribution in [1.82, 2.24) is 10.2 Å². The number of carbonyl (C=O) groups is 3. The monoisotopic (exact) mass is 378 g/mol. The predicted octanol–water partition coefficient (Wildman–Crippen LogP) is 2.58. The number of carbonyl (C=O) groups excluding carboxylic acids is 3. The van der Waals surface area contributed by atoms with Crippen LogP contribution in [0.3, 0.4) is 0 Å². The van der Waals surface area contributed by atoms with Crippen molar-refractivity contribution in [1.29, 1.82) is 0 Å². The molecule has 144 valence electrons. The molecule has 0 aliphatic carbocycles. The van der Waals surface area contributed by atoms with Gasteiger partial charge < -0.3 is 15.0 Å². The summed E-state index contributed by atoms with van der Waals surface area (Å²) >= 11 is 0. The number of esters is 1. The zero-order chi connectivity index (χ0) is 19.9. The van der Waals surface area contributed by atoms with Crippen molar-refractivity contribution in [3.8, 4) is 0 Å². The molecule has 6 heteroatoms. The summed E-state index contributed by atoms with van der Waals surface area (Å²) in [6.45, 7) is 0.866. The molecule has 2 amide bonds. The van der Waals surface area contributed by atoms with E-state index in [0.717, 1.165) is 11.1 Å². The second-order valence-electron chi connectivity index (χ2n) is 6.46. The zero-order valence-corrected chi connectivity index (χ0v) is 15.6. The van der Waals surface area contributed by atoms with Gasteiger partial charge in [-0.05, 0) is 29.3 Å². The molecule has 0 spiro atoms. The minimum absolute atomic E-state index is 0.0634. The minimum atomic E-state index is -0.404. The second kappa shape index (κ2) is 8.99. The third-order valence-electron chi connectivity index (χ3n) is 4.65. The van der Waals surface area contributed by atoms with Crippen LogP contribution in [0.2, 0.25) is 0 Å². The van der Waals surface area contributed by atoms with Gasteiger partial charge >= 0.3 is 5.97 Å². The van der Waals surface area contributed by atoms with Gasteiger partial charge in [0.2, 0.25) is 11.8 Å². The van der Waals surface area contributed by atoms with Crippen LogP contribution in [0.5, 0.6) is 0 Å². The van der Waals surface area contributed by atoms with Crippen LogP contribution in [0, 0.1) is 0 Å². The normalized spacial score (nSPS) is 17.1. The number of hydrogen-bond donors (Lipinski definition) is 1. The van der Waals surface area contributed by atoms with Gasteiger partial charge in [-0.25, -0.2) is 4.79 Å². The van der Waals surface area contributed by atoms with Gasteiger partial charge in [0.05, 0.1) is 25.1 Å². The molecule has 1 aliphatic rings. The molecule has 0 aromatic heterocycles. The minimum Gasteiger partial charge on any atom is -0.465 e. The molecule has 1 fully saturated rings. The van der Waals surface area contributed by atoms with Crippen molar-refractivity contribution in [2.45, 2.75) is 12.5 Å². The molecular weight excluding hydrogens is 356 g/mol. The molecule has 0 bridgehead atoms. The summed E-state index contributed by atoms with van der Waals surface area (Å²) < 4.78 is 4.68. The Morgan fingerprint density at radius 1 is 1.11 bits per heavy atom. The second-order valence-corrected chi connectivity index (χ2v) is 6.46. The summed E-state index contributed by atoms with van der Waals surface area (Å²) in [7, 11) is 1.33. The number of benzene rings is 2. The summed E-state index contributed by atoms with van der Waals surface area (Å²) in [6.07, 6.45) is 3.43. The molecule has 0 saturated carbocycles. The zero-order valence-electron chi connectivity index (χ0n) is 15.6. The smallest absolute Gasteiger partial charge is 0.337 e. The Bertz CT molecular complexity index is 875. The van der Waals surface area contributed by atoms with Crippen LogP contribution < -0.4 is 5.32 Å². The largest absolute Gasteiger partial charge is 0.465 e. The van der Waals surface area contributed by atoms with Crippen LogP contribution >= 0.6 is 0 Å². The standard InChI is InChI=1S/C22H22N2O4/c1-28-22(27)18-10-7-16(8-11-18)9-12-21(26)24-14-13-23-20(25)15-19(24)17-5-3-2-4-6-17/h2-12,19H,13-15H2,1H3,(H,23,25)/b12-9+. The van der Waals surface area contributed by atoms with Crippen molar-refractivity contribution in [2.24, 2.45) is 0 Å². The lowest BCUT2D eigenvalue weighted by Gasteiger charge is -2.28. The van der Waals surface area contributed by atoms with E-state index in [1.54, 1.807) is 35.2 Å². The molecule has 1 heterocycles. The van der Waals surface area contributed by atoms with E-state index in [0.29, 0.717) is 18.7 Å². The maximum atomic E-state index is 12.9. The van der Waals surface area contributed by atoms with E-state index < -0.39 is 5.97 Å². The Morgan fingerprint density at radius 2 is 1.82 bits per heavy atom. The van der Waals surface area contributed by atoms with E-state index in [1.165, 1.54) is 13.2 Å². The Hall–Kier alpha value is -3.41. The van der Waals surface area contributed by atoms with Crippen molar-refractivity contribution >= 4 is 23.9 Å². The first-order valence-electron chi connectivity index (χ1n) is 9.07. The maximum absolute atomic E-state index is 12.9. The molecule has 1 saturated heterocycles. The molecule has 3 rings (SSSR count). The quantitative estimate of drug-likeness (QED) is 0.655. The molecule has 1 atom stereocenters. The van der Waals surface area contributed by atoms with Gasteiger partial charge in [-0.3, -0.25) is 9.59 Å². The number of amides is 2. The SMILES string of the molecule is COC(=O)c1ccc(/C=C/C(=O)N2CCNC(=O)CC2c2ccccc2)cc1. The van der Waals surface area contributed by atoms with E-state index in [2.05, 4.69) is 10.1 Å². The number of methoxy groups -OCH3 is 1. The highest BCUT2D eigenvalue weighted by Gasteiger charge is 2.28. The van der Waals surface area contributed by atoms with Gasteiger partial charge in [0.25, 0.3) is 0 Å². The molecule has 0 radical (unpaired) electrons. The van der Waals surface area contributed by atoms with Crippen LogP contribution in [0.15, 0.2) is 60.7 Å². The summed E-state index contributed by atoms with van der Waals surface area (Å²) in [6, 6.07) is 16.1. The number of rotatable bonds is 4. The van der Waals surface area contributed by atoms with Gasteiger partial charge in [0, 0.05) is 19.2 Å². The molecule has 28 heavy (non-hydrogen) atoms. The Morgan fingerprint density at radius 3 is 2.50 bits per heavy atom. The van der Waals surface area contributed by atoms with E-state index in [-0.39, 0.29) is 24.3 Å². The highest BCUT2D eigenvalue weighted by Crippen LogP contribution is 2.26. The van der Waals surface area contributed by atoms with Crippen LogP contribution in [0.4, 0.5) is 0 Å². The molecule has 1 aliphatic heterocycles. The first kappa shape index (κ1) is 19.4. The number of nitrogens with zero attached hydrogens (tertiary/aromatic N) is 1. The number of ether oxygens (including phenoxy) is 1. The first-order chi connectivity index (χ1) is 13.6. The maximum Gasteiger partial charge on any atom is 0.337 e. The Labute approximate surface area is 163 Å².